The van der Waals surface area contributed by atoms with E-state index in [1.54, 1.807) is 55.5 Å². The van der Waals surface area contributed by atoms with Gasteiger partial charge in [-0.2, -0.15) is 0 Å². The molecule has 2 rings (SSSR count). The summed E-state index contributed by atoms with van der Waals surface area (Å²) >= 11 is 0. The lowest BCUT2D eigenvalue weighted by atomic mass is 9.96. The number of hydrogen-bond acceptors (Lipinski definition) is 3. The van der Waals surface area contributed by atoms with Crippen LogP contribution in [-0.4, -0.2) is 16.9 Å². The number of anilines is 1. The Morgan fingerprint density at radius 3 is 2.30 bits per heavy atom. The number of rotatable bonds is 4. The van der Waals surface area contributed by atoms with Gasteiger partial charge >= 0.3 is 5.97 Å². The molecule has 2 aromatic rings. The normalized spacial score (nSPS) is 11.8. The summed E-state index contributed by atoms with van der Waals surface area (Å²) in [5, 5.41) is 9.01. The van der Waals surface area contributed by atoms with Crippen molar-refractivity contribution >= 4 is 17.4 Å². The van der Waals surface area contributed by atoms with E-state index in [0.29, 0.717) is 22.4 Å². The van der Waals surface area contributed by atoms with Gasteiger partial charge in [0.25, 0.3) is 0 Å². The Bertz CT molecular complexity index is 647. The average molecular weight is 269 g/mol. The highest BCUT2D eigenvalue weighted by Gasteiger charge is 2.16. The molecule has 0 saturated carbocycles. The maximum Gasteiger partial charge on any atom is 0.310 e. The second-order valence-corrected chi connectivity index (χ2v) is 4.64. The van der Waals surface area contributed by atoms with Crippen LogP contribution in [-0.2, 0) is 4.79 Å². The van der Waals surface area contributed by atoms with Crippen molar-refractivity contribution in [3.63, 3.8) is 0 Å². The van der Waals surface area contributed by atoms with Crippen LogP contribution in [0.5, 0.6) is 0 Å². The van der Waals surface area contributed by atoms with Crippen molar-refractivity contribution in [2.24, 2.45) is 0 Å². The van der Waals surface area contributed by atoms with Crippen molar-refractivity contribution in [3.8, 4) is 0 Å². The van der Waals surface area contributed by atoms with Crippen LogP contribution in [0.2, 0.25) is 0 Å². The molecule has 0 saturated heterocycles. The number of carboxylic acid groups (broad SMARTS) is 1. The molecule has 0 aliphatic rings. The Balaban J connectivity index is 2.33. The van der Waals surface area contributed by atoms with Crippen LogP contribution in [0, 0.1) is 0 Å². The molecule has 0 fully saturated rings. The van der Waals surface area contributed by atoms with Crippen LogP contribution < -0.4 is 5.73 Å². The Kier molecular flexibility index (Phi) is 3.84. The van der Waals surface area contributed by atoms with Gasteiger partial charge in [-0.15, -0.1) is 0 Å². The second kappa shape index (κ2) is 5.57. The van der Waals surface area contributed by atoms with Gasteiger partial charge in [-0.3, -0.25) is 9.59 Å². The third-order valence-corrected chi connectivity index (χ3v) is 3.19. The first-order valence-electron chi connectivity index (χ1n) is 6.22. The first kappa shape index (κ1) is 13.8. The van der Waals surface area contributed by atoms with Crippen LogP contribution >= 0.6 is 0 Å². The zero-order valence-corrected chi connectivity index (χ0v) is 11.0. The summed E-state index contributed by atoms with van der Waals surface area (Å²) in [6.45, 7) is 1.59. The molecular weight excluding hydrogens is 254 g/mol. The molecule has 0 heterocycles. The van der Waals surface area contributed by atoms with E-state index >= 15 is 0 Å². The van der Waals surface area contributed by atoms with Crippen LogP contribution in [0.25, 0.3) is 0 Å². The first-order chi connectivity index (χ1) is 9.49. The van der Waals surface area contributed by atoms with E-state index in [4.69, 9.17) is 10.8 Å². The van der Waals surface area contributed by atoms with Crippen LogP contribution in [0.3, 0.4) is 0 Å². The minimum absolute atomic E-state index is 0.149. The Morgan fingerprint density at radius 2 is 1.70 bits per heavy atom. The van der Waals surface area contributed by atoms with Crippen molar-refractivity contribution in [1.82, 2.24) is 0 Å². The number of benzene rings is 2. The Morgan fingerprint density at radius 1 is 1.05 bits per heavy atom. The summed E-state index contributed by atoms with van der Waals surface area (Å²) in [6, 6.07) is 13.3. The monoisotopic (exact) mass is 269 g/mol. The van der Waals surface area contributed by atoms with E-state index in [1.165, 1.54) is 0 Å². The molecule has 3 N–H and O–H groups in total. The highest BCUT2D eigenvalue weighted by Crippen LogP contribution is 2.19. The summed E-state index contributed by atoms with van der Waals surface area (Å²) in [6.07, 6.45) is 0. The SMILES string of the molecule is CC(C(=O)O)c1cccc(C(=O)c2ccc(N)cc2)c1. The van der Waals surface area contributed by atoms with E-state index in [-0.39, 0.29) is 5.78 Å². The maximum atomic E-state index is 12.3. The number of carbonyl (C=O) groups is 2. The molecule has 20 heavy (non-hydrogen) atoms. The van der Waals surface area contributed by atoms with E-state index < -0.39 is 11.9 Å². The third-order valence-electron chi connectivity index (χ3n) is 3.19. The second-order valence-electron chi connectivity index (χ2n) is 4.64. The van der Waals surface area contributed by atoms with Gasteiger partial charge in [-0.25, -0.2) is 0 Å². The van der Waals surface area contributed by atoms with Gasteiger partial charge in [-0.05, 0) is 42.8 Å². The van der Waals surface area contributed by atoms with Gasteiger partial charge in [0.15, 0.2) is 5.78 Å². The van der Waals surface area contributed by atoms with E-state index in [1.807, 2.05) is 0 Å². The topological polar surface area (TPSA) is 80.4 Å². The van der Waals surface area contributed by atoms with Crippen molar-refractivity contribution < 1.29 is 14.7 Å². The Hall–Kier alpha value is -2.62. The number of aliphatic carboxylic acids is 1. The number of nitrogens with two attached hydrogens (primary N) is 1. The minimum Gasteiger partial charge on any atom is -0.481 e. The fourth-order valence-electron chi connectivity index (χ4n) is 1.89. The fourth-order valence-corrected chi connectivity index (χ4v) is 1.89. The molecule has 0 spiro atoms. The molecule has 0 bridgehead atoms. The molecule has 102 valence electrons. The molecule has 0 radical (unpaired) electrons. The lowest BCUT2D eigenvalue weighted by molar-refractivity contribution is -0.138. The highest BCUT2D eigenvalue weighted by molar-refractivity contribution is 6.09. The average Bonchev–Trinajstić information content (AvgIpc) is 2.46. The fraction of sp³-hybridized carbons (Fsp3) is 0.125. The molecule has 4 heteroatoms. The molecule has 1 unspecified atom stereocenters. The largest absolute Gasteiger partial charge is 0.481 e. The maximum absolute atomic E-state index is 12.3. The summed E-state index contributed by atoms with van der Waals surface area (Å²) in [4.78, 5) is 23.3. The minimum atomic E-state index is -0.915. The lowest BCUT2D eigenvalue weighted by Gasteiger charge is -2.08. The molecule has 0 amide bonds. The standard InChI is InChI=1S/C16H15NO3/c1-10(16(19)20)12-3-2-4-13(9-12)15(18)11-5-7-14(17)8-6-11/h2-10H,17H2,1H3,(H,19,20). The molecule has 0 aliphatic heterocycles. The predicted molar refractivity (Wildman–Crippen MR) is 76.8 cm³/mol. The van der Waals surface area contributed by atoms with E-state index in [2.05, 4.69) is 0 Å². The first-order valence-corrected chi connectivity index (χ1v) is 6.22. The van der Waals surface area contributed by atoms with Crippen molar-refractivity contribution in [1.29, 1.82) is 0 Å². The zero-order chi connectivity index (χ0) is 14.7. The lowest BCUT2D eigenvalue weighted by Crippen LogP contribution is -2.09. The summed E-state index contributed by atoms with van der Waals surface area (Å²) in [5.74, 6) is -1.71. The van der Waals surface area contributed by atoms with Crippen LogP contribution in [0.15, 0.2) is 48.5 Å². The van der Waals surface area contributed by atoms with Crippen molar-refractivity contribution in [2.45, 2.75) is 12.8 Å². The summed E-state index contributed by atoms with van der Waals surface area (Å²) in [5.41, 5.74) is 7.79. The zero-order valence-electron chi connectivity index (χ0n) is 11.0. The molecule has 0 aromatic heterocycles. The van der Waals surface area contributed by atoms with Crippen LogP contribution in [0.4, 0.5) is 5.69 Å². The number of nitrogen functional groups attached to an aromatic ring is 1. The summed E-state index contributed by atoms with van der Waals surface area (Å²) < 4.78 is 0. The smallest absolute Gasteiger partial charge is 0.310 e. The molecular formula is C16H15NO3. The van der Waals surface area contributed by atoms with Gasteiger partial charge in [0.1, 0.15) is 0 Å². The third kappa shape index (κ3) is 2.85. The quantitative estimate of drug-likeness (QED) is 0.660. The van der Waals surface area contributed by atoms with Crippen molar-refractivity contribution in [2.75, 3.05) is 5.73 Å². The number of ketones is 1. The molecule has 0 aliphatic carbocycles. The Labute approximate surface area is 116 Å². The van der Waals surface area contributed by atoms with E-state index in [0.717, 1.165) is 0 Å². The molecule has 2 aromatic carbocycles. The number of hydrogen-bond donors (Lipinski definition) is 2. The van der Waals surface area contributed by atoms with Gasteiger partial charge in [0.05, 0.1) is 5.92 Å². The van der Waals surface area contributed by atoms with Gasteiger partial charge in [-0.1, -0.05) is 18.2 Å². The van der Waals surface area contributed by atoms with E-state index in [9.17, 15) is 9.59 Å². The number of carbonyl (C=O) groups excluding carboxylic acids is 1. The highest BCUT2D eigenvalue weighted by atomic mass is 16.4. The van der Waals surface area contributed by atoms with Crippen molar-refractivity contribution in [3.05, 3.63) is 65.2 Å². The van der Waals surface area contributed by atoms with Gasteiger partial charge in [0, 0.05) is 16.8 Å². The molecule has 1 atom stereocenters. The summed E-state index contributed by atoms with van der Waals surface area (Å²) in [7, 11) is 0. The van der Waals surface area contributed by atoms with Gasteiger partial charge < -0.3 is 10.8 Å². The number of carboxylic acids is 1. The molecule has 4 nitrogen and oxygen atoms in total. The predicted octanol–water partition coefficient (Wildman–Crippen LogP) is 2.69. The van der Waals surface area contributed by atoms with Crippen LogP contribution in [0.1, 0.15) is 34.3 Å². The van der Waals surface area contributed by atoms with Gasteiger partial charge in [0.2, 0.25) is 0 Å².